The van der Waals surface area contributed by atoms with Crippen LogP contribution >= 0.6 is 23.7 Å². The molecule has 0 spiro atoms. The molecular weight excluding hydrogens is 638 g/mol. The number of nitrogens with zero attached hydrogens (tertiary/aromatic N) is 3. The van der Waals surface area contributed by atoms with E-state index >= 15 is 8.78 Å². The van der Waals surface area contributed by atoms with Crippen LogP contribution < -0.4 is 10.2 Å². The molecule has 3 aromatic carbocycles. The van der Waals surface area contributed by atoms with Gasteiger partial charge in [0.2, 0.25) is 5.91 Å². The third-order valence-corrected chi connectivity index (χ3v) is 10.1. The molecule has 2 aliphatic heterocycles. The number of benzene rings is 3. The minimum absolute atomic E-state index is 0. The van der Waals surface area contributed by atoms with Crippen molar-refractivity contribution in [2.45, 2.75) is 45.1 Å². The van der Waals surface area contributed by atoms with Crippen molar-refractivity contribution >= 4 is 46.8 Å². The van der Waals surface area contributed by atoms with Gasteiger partial charge in [-0.3, -0.25) is 9.59 Å². The first-order valence-electron chi connectivity index (χ1n) is 15.9. The van der Waals surface area contributed by atoms with Crippen molar-refractivity contribution in [1.29, 1.82) is 0 Å². The molecule has 0 bridgehead atoms. The van der Waals surface area contributed by atoms with E-state index in [1.807, 2.05) is 48.5 Å². The second-order valence-corrected chi connectivity index (χ2v) is 13.0. The van der Waals surface area contributed by atoms with Gasteiger partial charge in [0.1, 0.15) is 9.88 Å². The summed E-state index contributed by atoms with van der Waals surface area (Å²) in [5.74, 6) is -3.58. The Morgan fingerprint density at radius 1 is 0.957 bits per heavy atom. The normalized spacial score (nSPS) is 17.1. The number of alkyl halides is 2. The third kappa shape index (κ3) is 7.97. The number of anilines is 1. The van der Waals surface area contributed by atoms with Crippen LogP contribution in [0.3, 0.4) is 0 Å². The molecule has 10 heteroatoms. The van der Waals surface area contributed by atoms with E-state index in [4.69, 9.17) is 0 Å². The molecule has 0 aliphatic carbocycles. The average Bonchev–Trinajstić information content (AvgIpc) is 3.43. The van der Waals surface area contributed by atoms with E-state index in [9.17, 15) is 9.59 Å². The molecule has 1 N–H and O–H groups in total. The standard InChI is InChI=1S/C37H38F2N4O2S.ClH/c1-26-34(46-35(41-26)29-12-6-3-7-13-29)36(45)43-23-19-37(38,39)31(30-14-8-9-15-32(30)43)24-33(44)42-21-17-27(18-22-42)16-20-40-25-28-10-4-2-5-11-28;/h2-15,24,27,40H,16-23,25H2,1H3;1H. The maximum Gasteiger partial charge on any atom is 0.275 e. The van der Waals surface area contributed by atoms with Crippen molar-refractivity contribution in [3.8, 4) is 10.6 Å². The van der Waals surface area contributed by atoms with E-state index in [1.165, 1.54) is 21.8 Å². The van der Waals surface area contributed by atoms with Gasteiger partial charge in [0.15, 0.2) is 0 Å². The SMILES string of the molecule is Cc1nc(-c2ccccc2)sc1C(=O)N1CCC(F)(F)C(=CC(=O)N2CCC(CCNCc3ccccc3)CC2)c2ccccc21.Cl. The maximum absolute atomic E-state index is 15.8. The number of carbonyl (C=O) groups is 2. The van der Waals surface area contributed by atoms with E-state index in [2.05, 4.69) is 22.4 Å². The predicted octanol–water partition coefficient (Wildman–Crippen LogP) is 8.03. The van der Waals surface area contributed by atoms with E-state index in [-0.39, 0.29) is 36.0 Å². The van der Waals surface area contributed by atoms with Gasteiger partial charge in [-0.15, -0.1) is 23.7 Å². The molecule has 0 atom stereocenters. The van der Waals surface area contributed by atoms with Crippen molar-refractivity contribution in [3.63, 3.8) is 0 Å². The van der Waals surface area contributed by atoms with E-state index in [0.29, 0.717) is 40.3 Å². The van der Waals surface area contributed by atoms with Crippen molar-refractivity contribution < 1.29 is 18.4 Å². The van der Waals surface area contributed by atoms with E-state index in [1.54, 1.807) is 36.1 Å². The highest BCUT2D eigenvalue weighted by Crippen LogP contribution is 2.44. The molecule has 1 fully saturated rings. The Morgan fingerprint density at radius 3 is 2.34 bits per heavy atom. The van der Waals surface area contributed by atoms with Gasteiger partial charge in [0.05, 0.1) is 11.4 Å². The largest absolute Gasteiger partial charge is 0.339 e. The summed E-state index contributed by atoms with van der Waals surface area (Å²) in [5, 5.41) is 4.19. The van der Waals surface area contributed by atoms with Crippen LogP contribution in [0.25, 0.3) is 16.1 Å². The summed E-state index contributed by atoms with van der Waals surface area (Å²) in [4.78, 5) is 35.5. The van der Waals surface area contributed by atoms with Crippen LogP contribution in [0.4, 0.5) is 14.5 Å². The number of para-hydroxylation sites is 1. The fourth-order valence-corrected chi connectivity index (χ4v) is 7.27. The van der Waals surface area contributed by atoms with Gasteiger partial charge in [-0.2, -0.15) is 0 Å². The minimum Gasteiger partial charge on any atom is -0.339 e. The molecule has 1 saturated heterocycles. The maximum atomic E-state index is 15.8. The van der Waals surface area contributed by atoms with Crippen LogP contribution in [-0.2, 0) is 11.3 Å². The summed E-state index contributed by atoms with van der Waals surface area (Å²) >= 11 is 1.26. The highest BCUT2D eigenvalue weighted by atomic mass is 35.5. The Hall–Kier alpha value is -3.92. The molecule has 6 nitrogen and oxygen atoms in total. The average molecular weight is 677 g/mol. The first-order chi connectivity index (χ1) is 22.3. The summed E-state index contributed by atoms with van der Waals surface area (Å²) in [6.45, 7) is 4.38. The first-order valence-corrected chi connectivity index (χ1v) is 16.7. The number of allylic oxidation sites excluding steroid dienone is 1. The number of hydrogen-bond acceptors (Lipinski definition) is 5. The Kier molecular flexibility index (Phi) is 11.2. The van der Waals surface area contributed by atoms with Crippen LogP contribution in [-0.4, -0.2) is 53.8 Å². The predicted molar refractivity (Wildman–Crippen MR) is 187 cm³/mol. The molecule has 4 aromatic rings. The van der Waals surface area contributed by atoms with Crippen LogP contribution in [0.2, 0.25) is 0 Å². The zero-order chi connectivity index (χ0) is 32.1. The van der Waals surface area contributed by atoms with Crippen LogP contribution in [0.15, 0.2) is 91.0 Å². The highest BCUT2D eigenvalue weighted by molar-refractivity contribution is 7.17. The zero-order valence-corrected chi connectivity index (χ0v) is 28.0. The van der Waals surface area contributed by atoms with E-state index in [0.717, 1.165) is 44.0 Å². The molecule has 2 amide bonds. The number of halogens is 3. The monoisotopic (exact) mass is 676 g/mol. The van der Waals surface area contributed by atoms with Crippen LogP contribution in [0, 0.1) is 12.8 Å². The molecule has 1 aromatic heterocycles. The minimum atomic E-state index is -3.29. The molecular formula is C37H39ClF2N4O2S. The van der Waals surface area contributed by atoms with Gasteiger partial charge >= 0.3 is 0 Å². The topological polar surface area (TPSA) is 65.5 Å². The van der Waals surface area contributed by atoms with Gasteiger partial charge in [-0.05, 0) is 50.3 Å². The molecule has 0 saturated carbocycles. The lowest BCUT2D eigenvalue weighted by Crippen LogP contribution is -2.38. The molecule has 47 heavy (non-hydrogen) atoms. The van der Waals surface area contributed by atoms with Gasteiger partial charge in [-0.1, -0.05) is 78.9 Å². The Morgan fingerprint density at radius 2 is 1.62 bits per heavy atom. The zero-order valence-electron chi connectivity index (χ0n) is 26.3. The second-order valence-electron chi connectivity index (χ2n) is 12.0. The summed E-state index contributed by atoms with van der Waals surface area (Å²) in [6, 6.07) is 26.5. The summed E-state index contributed by atoms with van der Waals surface area (Å²) in [7, 11) is 0. The highest BCUT2D eigenvalue weighted by Gasteiger charge is 2.42. The molecule has 246 valence electrons. The number of rotatable bonds is 8. The van der Waals surface area contributed by atoms with Crippen molar-refractivity contribution in [3.05, 3.63) is 113 Å². The second kappa shape index (κ2) is 15.3. The molecule has 0 radical (unpaired) electrons. The summed E-state index contributed by atoms with van der Waals surface area (Å²) in [6.07, 6.45) is 3.22. The van der Waals surface area contributed by atoms with Gasteiger partial charge in [-0.25, -0.2) is 13.8 Å². The number of aryl methyl sites for hydroxylation is 1. The lowest BCUT2D eigenvalue weighted by molar-refractivity contribution is -0.127. The number of nitrogens with one attached hydrogen (secondary N) is 1. The molecule has 0 unspecified atom stereocenters. The number of amides is 2. The number of thiazole rings is 1. The van der Waals surface area contributed by atoms with Gasteiger partial charge in [0.25, 0.3) is 11.8 Å². The molecule has 3 heterocycles. The number of fused-ring (bicyclic) bond motifs is 1. The van der Waals surface area contributed by atoms with Crippen LogP contribution in [0.1, 0.15) is 52.2 Å². The number of hydrogen-bond donors (Lipinski definition) is 1. The first kappa shape index (κ1) is 34.4. The van der Waals surface area contributed by atoms with E-state index < -0.39 is 18.3 Å². The molecule has 2 aliphatic rings. The number of piperidine rings is 1. The number of likely N-dealkylation sites (tertiary alicyclic amines) is 1. The number of carbonyl (C=O) groups excluding carboxylic acids is 2. The quantitative estimate of drug-likeness (QED) is 0.152. The Balaban J connectivity index is 0.00000433. The fraction of sp³-hybridized carbons (Fsp3) is 0.324. The lowest BCUT2D eigenvalue weighted by atomic mass is 9.93. The third-order valence-electron chi connectivity index (χ3n) is 8.88. The number of aromatic nitrogens is 1. The summed E-state index contributed by atoms with van der Waals surface area (Å²) in [5.41, 5.74) is 2.95. The smallest absolute Gasteiger partial charge is 0.275 e. The van der Waals surface area contributed by atoms with Crippen LogP contribution in [0.5, 0.6) is 0 Å². The summed E-state index contributed by atoms with van der Waals surface area (Å²) < 4.78 is 31.7. The Labute approximate surface area is 284 Å². The van der Waals surface area contributed by atoms with Crippen molar-refractivity contribution in [2.24, 2.45) is 5.92 Å². The van der Waals surface area contributed by atoms with Gasteiger partial charge in [0, 0.05) is 55.4 Å². The Bertz CT molecular complexity index is 1710. The fourth-order valence-electron chi connectivity index (χ4n) is 6.25. The van der Waals surface area contributed by atoms with Gasteiger partial charge < -0.3 is 15.1 Å². The van der Waals surface area contributed by atoms with Crippen molar-refractivity contribution in [1.82, 2.24) is 15.2 Å². The lowest BCUT2D eigenvalue weighted by Gasteiger charge is -2.32. The molecule has 6 rings (SSSR count). The van der Waals surface area contributed by atoms with Crippen molar-refractivity contribution in [2.75, 3.05) is 31.1 Å².